The zero-order valence-electron chi connectivity index (χ0n) is 8.27. The number of aliphatic hydroxyl groups is 4. The third-order valence-electron chi connectivity index (χ3n) is 2.90. The van der Waals surface area contributed by atoms with Gasteiger partial charge in [-0.05, 0) is 12.8 Å². The summed E-state index contributed by atoms with van der Waals surface area (Å²) >= 11 is 0. The van der Waals surface area contributed by atoms with Gasteiger partial charge in [-0.2, -0.15) is 0 Å². The molecule has 4 nitrogen and oxygen atoms in total. The molecule has 0 saturated heterocycles. The largest absolute Gasteiger partial charge is 0.396 e. The molecule has 0 fully saturated rings. The van der Waals surface area contributed by atoms with Crippen LogP contribution in [0.1, 0.15) is 26.7 Å². The van der Waals surface area contributed by atoms with Crippen molar-refractivity contribution in [1.29, 1.82) is 0 Å². The van der Waals surface area contributed by atoms with E-state index in [1.807, 2.05) is 13.8 Å². The van der Waals surface area contributed by atoms with E-state index in [4.69, 9.17) is 10.2 Å². The number of aliphatic hydroxyl groups excluding tert-OH is 4. The summed E-state index contributed by atoms with van der Waals surface area (Å²) in [5.41, 5.74) is -0.692. The summed E-state index contributed by atoms with van der Waals surface area (Å²) in [6.07, 6.45) is -1.11. The summed E-state index contributed by atoms with van der Waals surface area (Å²) in [5, 5.41) is 36.7. The van der Waals surface area contributed by atoms with Gasteiger partial charge >= 0.3 is 0 Å². The molecule has 0 aliphatic carbocycles. The number of rotatable bonds is 6. The van der Waals surface area contributed by atoms with Crippen LogP contribution >= 0.6 is 0 Å². The molecule has 2 atom stereocenters. The van der Waals surface area contributed by atoms with Crippen LogP contribution in [0.2, 0.25) is 0 Å². The highest BCUT2D eigenvalue weighted by Gasteiger charge is 2.37. The van der Waals surface area contributed by atoms with E-state index >= 15 is 0 Å². The topological polar surface area (TPSA) is 80.9 Å². The molecule has 0 aromatic rings. The maximum atomic E-state index is 9.66. The number of hydrogen-bond donors (Lipinski definition) is 4. The first-order valence-electron chi connectivity index (χ1n) is 4.65. The minimum Gasteiger partial charge on any atom is -0.396 e. The third kappa shape index (κ3) is 2.64. The predicted molar refractivity (Wildman–Crippen MR) is 49.2 cm³/mol. The molecular formula is C9H20O4. The van der Waals surface area contributed by atoms with E-state index in [-0.39, 0.29) is 6.61 Å². The van der Waals surface area contributed by atoms with E-state index < -0.39 is 24.2 Å². The summed E-state index contributed by atoms with van der Waals surface area (Å²) in [6.45, 7) is 3.02. The van der Waals surface area contributed by atoms with Crippen LogP contribution in [0.25, 0.3) is 0 Å². The average molecular weight is 192 g/mol. The zero-order chi connectivity index (χ0) is 10.5. The Morgan fingerprint density at radius 2 is 1.54 bits per heavy atom. The summed E-state index contributed by atoms with van der Waals surface area (Å²) in [7, 11) is 0. The Morgan fingerprint density at radius 3 is 1.77 bits per heavy atom. The molecule has 0 aromatic carbocycles. The summed E-state index contributed by atoms with van der Waals surface area (Å²) < 4.78 is 0. The van der Waals surface area contributed by atoms with Gasteiger partial charge in [-0.15, -0.1) is 0 Å². The fraction of sp³-hybridized carbons (Fsp3) is 1.00. The van der Waals surface area contributed by atoms with Crippen LogP contribution in [0, 0.1) is 5.41 Å². The fourth-order valence-electron chi connectivity index (χ4n) is 1.49. The van der Waals surface area contributed by atoms with E-state index in [2.05, 4.69) is 0 Å². The highest BCUT2D eigenvalue weighted by molar-refractivity contribution is 4.87. The lowest BCUT2D eigenvalue weighted by molar-refractivity contribution is -0.105. The lowest BCUT2D eigenvalue weighted by atomic mass is 9.76. The summed E-state index contributed by atoms with van der Waals surface area (Å²) in [5.74, 6) is 0. The molecule has 4 heteroatoms. The quantitative estimate of drug-likeness (QED) is 0.457. The van der Waals surface area contributed by atoms with Crippen molar-refractivity contribution < 1.29 is 20.4 Å². The normalized spacial score (nSPS) is 17.1. The van der Waals surface area contributed by atoms with Gasteiger partial charge in [0.05, 0.1) is 19.3 Å². The molecular weight excluding hydrogens is 172 g/mol. The van der Waals surface area contributed by atoms with Gasteiger partial charge in [0.15, 0.2) is 0 Å². The second kappa shape index (κ2) is 5.54. The number of hydrogen-bond acceptors (Lipinski definition) is 4. The van der Waals surface area contributed by atoms with Crippen molar-refractivity contribution in [2.24, 2.45) is 5.41 Å². The lowest BCUT2D eigenvalue weighted by Crippen LogP contribution is -2.46. The minimum atomic E-state index is -1.17. The van der Waals surface area contributed by atoms with Crippen molar-refractivity contribution >= 4 is 0 Å². The molecule has 13 heavy (non-hydrogen) atoms. The molecule has 80 valence electrons. The molecule has 4 N–H and O–H groups in total. The van der Waals surface area contributed by atoms with Crippen LogP contribution in [-0.2, 0) is 0 Å². The average Bonchev–Trinajstić information content (AvgIpc) is 2.20. The van der Waals surface area contributed by atoms with Crippen LogP contribution in [0.15, 0.2) is 0 Å². The van der Waals surface area contributed by atoms with Gasteiger partial charge in [0, 0.05) is 5.41 Å². The first-order chi connectivity index (χ1) is 6.07. The molecule has 0 rings (SSSR count). The summed E-state index contributed by atoms with van der Waals surface area (Å²) in [6, 6.07) is 0. The Kier molecular flexibility index (Phi) is 5.48. The van der Waals surface area contributed by atoms with Crippen molar-refractivity contribution in [2.75, 3.05) is 13.2 Å². The fourth-order valence-corrected chi connectivity index (χ4v) is 1.49. The second-order valence-corrected chi connectivity index (χ2v) is 3.42. The first kappa shape index (κ1) is 12.8. The van der Waals surface area contributed by atoms with Gasteiger partial charge in [-0.25, -0.2) is 0 Å². The van der Waals surface area contributed by atoms with Gasteiger partial charge in [0.1, 0.15) is 6.10 Å². The highest BCUT2D eigenvalue weighted by Crippen LogP contribution is 2.31. The standard InChI is InChI=1S/C9H20O4/c1-3-9(4-2,6-11)8(13)7(12)5-10/h7-8,10-13H,3-6H2,1-2H3. The second-order valence-electron chi connectivity index (χ2n) is 3.42. The lowest BCUT2D eigenvalue weighted by Gasteiger charge is -2.36. The van der Waals surface area contributed by atoms with Crippen molar-refractivity contribution in [1.82, 2.24) is 0 Å². The molecule has 0 heterocycles. The Morgan fingerprint density at radius 1 is 1.08 bits per heavy atom. The Hall–Kier alpha value is -0.160. The zero-order valence-corrected chi connectivity index (χ0v) is 8.27. The van der Waals surface area contributed by atoms with Gasteiger partial charge in [0.2, 0.25) is 0 Å². The van der Waals surface area contributed by atoms with Crippen molar-refractivity contribution in [2.45, 2.75) is 38.9 Å². The van der Waals surface area contributed by atoms with Gasteiger partial charge in [-0.1, -0.05) is 13.8 Å². The molecule has 0 amide bonds. The SMILES string of the molecule is CCC(CC)(CO)C(O)C(O)CO. The predicted octanol–water partition coefficient (Wildman–Crippen LogP) is -0.501. The maximum Gasteiger partial charge on any atom is 0.103 e. The Labute approximate surface area is 78.8 Å². The first-order valence-corrected chi connectivity index (χ1v) is 4.65. The molecule has 2 unspecified atom stereocenters. The third-order valence-corrected chi connectivity index (χ3v) is 2.90. The van der Waals surface area contributed by atoms with Gasteiger partial charge in [0.25, 0.3) is 0 Å². The summed E-state index contributed by atoms with van der Waals surface area (Å²) in [4.78, 5) is 0. The monoisotopic (exact) mass is 192 g/mol. The van der Waals surface area contributed by atoms with Crippen LogP contribution in [0.4, 0.5) is 0 Å². The molecule has 0 saturated carbocycles. The van der Waals surface area contributed by atoms with Crippen molar-refractivity contribution in [3.8, 4) is 0 Å². The molecule has 0 aliphatic heterocycles. The van der Waals surface area contributed by atoms with Crippen LogP contribution in [-0.4, -0.2) is 45.8 Å². The van der Waals surface area contributed by atoms with Crippen molar-refractivity contribution in [3.63, 3.8) is 0 Å². The highest BCUT2D eigenvalue weighted by atomic mass is 16.4. The molecule has 0 aliphatic rings. The van der Waals surface area contributed by atoms with Crippen LogP contribution < -0.4 is 0 Å². The van der Waals surface area contributed by atoms with Gasteiger partial charge < -0.3 is 20.4 Å². The molecule has 0 radical (unpaired) electrons. The van der Waals surface area contributed by atoms with E-state index in [0.29, 0.717) is 12.8 Å². The minimum absolute atomic E-state index is 0.182. The van der Waals surface area contributed by atoms with Crippen molar-refractivity contribution in [3.05, 3.63) is 0 Å². The molecule has 0 bridgehead atoms. The molecule has 0 aromatic heterocycles. The van der Waals surface area contributed by atoms with Crippen LogP contribution in [0.5, 0.6) is 0 Å². The van der Waals surface area contributed by atoms with E-state index in [0.717, 1.165) is 0 Å². The smallest absolute Gasteiger partial charge is 0.103 e. The van der Waals surface area contributed by atoms with E-state index in [1.54, 1.807) is 0 Å². The Balaban J connectivity index is 4.52. The maximum absolute atomic E-state index is 9.66. The van der Waals surface area contributed by atoms with E-state index in [1.165, 1.54) is 0 Å². The van der Waals surface area contributed by atoms with Gasteiger partial charge in [-0.3, -0.25) is 0 Å². The van der Waals surface area contributed by atoms with E-state index in [9.17, 15) is 10.2 Å². The van der Waals surface area contributed by atoms with Crippen LogP contribution in [0.3, 0.4) is 0 Å². The Bertz CT molecular complexity index is 125. The molecule has 0 spiro atoms.